The van der Waals surface area contributed by atoms with Gasteiger partial charge in [-0.3, -0.25) is 9.69 Å². The molecule has 1 N–H and O–H groups in total. The lowest BCUT2D eigenvalue weighted by Crippen LogP contribution is -2.52. The summed E-state index contributed by atoms with van der Waals surface area (Å²) in [6.45, 7) is 7.57. The van der Waals surface area contributed by atoms with Crippen LogP contribution < -0.4 is 19.9 Å². The van der Waals surface area contributed by atoms with Crippen LogP contribution >= 0.6 is 0 Å². The third-order valence-electron chi connectivity index (χ3n) is 8.04. The molecule has 2 fully saturated rings. The molecule has 3 amide bonds. The summed E-state index contributed by atoms with van der Waals surface area (Å²) in [4.78, 5) is 43.4. The van der Waals surface area contributed by atoms with Gasteiger partial charge in [-0.25, -0.2) is 9.78 Å². The van der Waals surface area contributed by atoms with E-state index >= 15 is 0 Å². The second kappa shape index (κ2) is 11.5. The Labute approximate surface area is 240 Å². The fourth-order valence-electron chi connectivity index (χ4n) is 5.91. The number of methoxy groups -OCH3 is 1. The third kappa shape index (κ3) is 5.41. The van der Waals surface area contributed by atoms with Gasteiger partial charge in [-0.05, 0) is 43.0 Å². The Bertz CT molecular complexity index is 1440. The quantitative estimate of drug-likeness (QED) is 0.409. The minimum atomic E-state index is -0.208. The van der Waals surface area contributed by atoms with Crippen molar-refractivity contribution in [1.29, 1.82) is 0 Å². The number of nitrogens with zero attached hydrogens (tertiary/aromatic N) is 6. The molecule has 0 spiro atoms. The van der Waals surface area contributed by atoms with E-state index in [0.717, 1.165) is 35.6 Å². The van der Waals surface area contributed by atoms with Gasteiger partial charge in [0.1, 0.15) is 11.6 Å². The maximum absolute atomic E-state index is 14.0. The average molecular weight is 554 g/mol. The Morgan fingerprint density at radius 1 is 1.15 bits per heavy atom. The number of aromatic nitrogens is 2. The number of carbonyl (C=O) groups excluding carboxylic acids is 2. The van der Waals surface area contributed by atoms with Gasteiger partial charge in [0.05, 0.1) is 25.4 Å². The summed E-state index contributed by atoms with van der Waals surface area (Å²) in [6, 6.07) is 15.7. The highest BCUT2D eigenvalue weighted by atomic mass is 16.5. The Balaban J connectivity index is 1.30. The number of hydrogen-bond donors (Lipinski definition) is 1. The number of fused-ring (bicyclic) bond motifs is 1. The predicted octanol–water partition coefficient (Wildman–Crippen LogP) is 4.56. The predicted molar refractivity (Wildman–Crippen MR) is 159 cm³/mol. The number of ether oxygens (including phenoxy) is 1. The molecule has 3 aliphatic heterocycles. The van der Waals surface area contributed by atoms with Gasteiger partial charge in [-0.2, -0.15) is 4.98 Å². The first-order chi connectivity index (χ1) is 20.0. The van der Waals surface area contributed by atoms with Crippen LogP contribution in [0, 0.1) is 0 Å². The number of likely N-dealkylation sites (tertiary alicyclic amines) is 1. The van der Waals surface area contributed by atoms with Gasteiger partial charge in [-0.1, -0.05) is 36.9 Å². The minimum absolute atomic E-state index is 0.128. The Morgan fingerprint density at radius 2 is 1.95 bits per heavy atom. The Morgan fingerprint density at radius 3 is 2.71 bits per heavy atom. The van der Waals surface area contributed by atoms with Crippen LogP contribution in [0.4, 0.5) is 27.9 Å². The van der Waals surface area contributed by atoms with E-state index in [1.807, 2.05) is 47.4 Å². The minimum Gasteiger partial charge on any atom is -0.494 e. The first kappa shape index (κ1) is 26.6. The monoisotopic (exact) mass is 553 g/mol. The summed E-state index contributed by atoms with van der Waals surface area (Å²) in [7, 11) is 1.65. The molecule has 212 valence electrons. The standard InChI is InChI=1S/C31H35N7O3/c1-3-28(39)36-16-13-25(21-36)38-29-23(20-37(31(38)40)19-22-9-5-4-6-10-22)18-32-30(34-29)33-26-12-11-24(17-27(26)41-2)35-14-7-8-15-35/h3-6,9-12,17-18,25H,1,7-8,13-16,19-21H2,2H3,(H,32,33,34)/t25-/m0/s1. The highest BCUT2D eigenvalue weighted by Crippen LogP contribution is 2.36. The van der Waals surface area contributed by atoms with Gasteiger partial charge in [0.2, 0.25) is 11.9 Å². The summed E-state index contributed by atoms with van der Waals surface area (Å²) >= 11 is 0. The molecule has 41 heavy (non-hydrogen) atoms. The van der Waals surface area contributed by atoms with Crippen molar-refractivity contribution in [2.24, 2.45) is 0 Å². The molecule has 1 aromatic heterocycles. The van der Waals surface area contributed by atoms with Crippen LogP contribution in [-0.2, 0) is 17.9 Å². The lowest BCUT2D eigenvalue weighted by atomic mass is 10.1. The largest absolute Gasteiger partial charge is 0.494 e. The van der Waals surface area contributed by atoms with Gasteiger partial charge in [0.15, 0.2) is 0 Å². The zero-order valence-corrected chi connectivity index (χ0v) is 23.3. The van der Waals surface area contributed by atoms with Crippen LogP contribution in [0.15, 0.2) is 67.4 Å². The molecule has 2 aromatic carbocycles. The molecule has 0 bridgehead atoms. The number of hydrogen-bond acceptors (Lipinski definition) is 7. The van der Waals surface area contributed by atoms with Crippen LogP contribution in [0.2, 0.25) is 0 Å². The van der Waals surface area contributed by atoms with Crippen molar-refractivity contribution in [3.63, 3.8) is 0 Å². The van der Waals surface area contributed by atoms with Crippen molar-refractivity contribution < 1.29 is 14.3 Å². The third-order valence-corrected chi connectivity index (χ3v) is 8.04. The maximum atomic E-state index is 14.0. The van der Waals surface area contributed by atoms with Crippen LogP contribution in [0.5, 0.6) is 5.75 Å². The first-order valence-corrected chi connectivity index (χ1v) is 14.1. The summed E-state index contributed by atoms with van der Waals surface area (Å²) in [5.74, 6) is 1.52. The second-order valence-corrected chi connectivity index (χ2v) is 10.7. The second-order valence-electron chi connectivity index (χ2n) is 10.7. The Hall–Kier alpha value is -4.60. The molecule has 10 heteroatoms. The molecule has 0 unspecified atom stereocenters. The molecular weight excluding hydrogens is 518 g/mol. The molecule has 1 atom stereocenters. The molecule has 0 aliphatic carbocycles. The van der Waals surface area contributed by atoms with Gasteiger partial charge in [0, 0.05) is 56.2 Å². The van der Waals surface area contributed by atoms with E-state index in [1.165, 1.54) is 18.9 Å². The molecule has 4 heterocycles. The summed E-state index contributed by atoms with van der Waals surface area (Å²) in [5.41, 5.74) is 3.78. The highest BCUT2D eigenvalue weighted by Gasteiger charge is 2.40. The summed E-state index contributed by atoms with van der Waals surface area (Å²) in [6.07, 6.45) is 6.16. The van der Waals surface area contributed by atoms with Crippen molar-refractivity contribution >= 4 is 35.1 Å². The van der Waals surface area contributed by atoms with E-state index in [0.29, 0.717) is 50.1 Å². The molecule has 3 aliphatic rings. The number of urea groups is 1. The maximum Gasteiger partial charge on any atom is 0.326 e. The van der Waals surface area contributed by atoms with E-state index in [1.54, 1.807) is 23.1 Å². The highest BCUT2D eigenvalue weighted by molar-refractivity contribution is 5.95. The average Bonchev–Trinajstić information content (AvgIpc) is 3.72. The molecule has 10 nitrogen and oxygen atoms in total. The van der Waals surface area contributed by atoms with Gasteiger partial charge in [0.25, 0.3) is 0 Å². The number of benzene rings is 2. The smallest absolute Gasteiger partial charge is 0.326 e. The number of rotatable bonds is 8. The van der Waals surface area contributed by atoms with Gasteiger partial charge in [-0.15, -0.1) is 0 Å². The van der Waals surface area contributed by atoms with E-state index in [-0.39, 0.29) is 18.0 Å². The zero-order chi connectivity index (χ0) is 28.3. The van der Waals surface area contributed by atoms with Crippen LogP contribution in [0.3, 0.4) is 0 Å². The topological polar surface area (TPSA) is 94.1 Å². The molecule has 2 saturated heterocycles. The Kier molecular flexibility index (Phi) is 7.45. The number of carbonyl (C=O) groups is 2. The first-order valence-electron chi connectivity index (χ1n) is 14.1. The van der Waals surface area contributed by atoms with Crippen LogP contribution in [0.25, 0.3) is 0 Å². The number of amides is 3. The SMILES string of the molecule is C=CC(=O)N1CC[C@H](N2C(=O)N(Cc3ccccc3)Cc3cnc(Nc4ccc(N5CCCC5)cc4OC)nc32)C1. The van der Waals surface area contributed by atoms with Crippen molar-refractivity contribution in [1.82, 2.24) is 19.8 Å². The van der Waals surface area contributed by atoms with E-state index in [4.69, 9.17) is 9.72 Å². The summed E-state index contributed by atoms with van der Waals surface area (Å²) < 4.78 is 5.70. The fourth-order valence-corrected chi connectivity index (χ4v) is 5.91. The number of anilines is 4. The molecule has 6 rings (SSSR count). The molecule has 0 saturated carbocycles. The number of nitrogens with one attached hydrogen (secondary N) is 1. The summed E-state index contributed by atoms with van der Waals surface area (Å²) in [5, 5.41) is 3.31. The fraction of sp³-hybridized carbons (Fsp3) is 0.355. The van der Waals surface area contributed by atoms with E-state index in [9.17, 15) is 9.59 Å². The zero-order valence-electron chi connectivity index (χ0n) is 23.3. The van der Waals surface area contributed by atoms with Gasteiger partial charge >= 0.3 is 6.03 Å². The van der Waals surface area contributed by atoms with Gasteiger partial charge < -0.3 is 24.8 Å². The van der Waals surface area contributed by atoms with Crippen molar-refractivity contribution in [3.05, 3.63) is 78.5 Å². The van der Waals surface area contributed by atoms with E-state index in [2.05, 4.69) is 27.8 Å². The van der Waals surface area contributed by atoms with E-state index < -0.39 is 0 Å². The van der Waals surface area contributed by atoms with Crippen LogP contribution in [0.1, 0.15) is 30.4 Å². The van der Waals surface area contributed by atoms with Crippen molar-refractivity contribution in [2.45, 2.75) is 38.4 Å². The van der Waals surface area contributed by atoms with Crippen molar-refractivity contribution in [2.75, 3.05) is 48.4 Å². The normalized spacial score (nSPS) is 18.5. The molecular formula is C31H35N7O3. The van der Waals surface area contributed by atoms with Crippen molar-refractivity contribution in [3.8, 4) is 5.75 Å². The lowest BCUT2D eigenvalue weighted by Gasteiger charge is -2.39. The molecule has 3 aromatic rings. The van der Waals surface area contributed by atoms with Crippen LogP contribution in [-0.4, -0.2) is 71.0 Å². The molecule has 0 radical (unpaired) electrons. The lowest BCUT2D eigenvalue weighted by molar-refractivity contribution is -0.125.